The predicted octanol–water partition coefficient (Wildman–Crippen LogP) is 3.32. The Hall–Kier alpha value is -0.480. The Morgan fingerprint density at radius 1 is 1.50 bits per heavy atom. The van der Waals surface area contributed by atoms with Crippen LogP contribution < -0.4 is 5.32 Å². The number of nitrogens with one attached hydrogen (secondary N) is 1. The van der Waals surface area contributed by atoms with Crippen LogP contribution in [0, 0.1) is 0 Å². The van der Waals surface area contributed by atoms with Crippen LogP contribution in [0.15, 0.2) is 24.3 Å². The summed E-state index contributed by atoms with van der Waals surface area (Å²) in [5, 5.41) is 3.90. The average molecular weight is 302 g/mol. The van der Waals surface area contributed by atoms with E-state index in [4.69, 9.17) is 0 Å². The zero-order chi connectivity index (χ0) is 11.8. The van der Waals surface area contributed by atoms with Gasteiger partial charge in [-0.1, -0.05) is 28.1 Å². The topological polar surface area (TPSA) is 29.1 Å². The number of benzene rings is 1. The van der Waals surface area contributed by atoms with E-state index >= 15 is 0 Å². The highest BCUT2D eigenvalue weighted by molar-refractivity contribution is 9.09. The largest absolute Gasteiger partial charge is 0.325 e. The van der Waals surface area contributed by atoms with Crippen LogP contribution >= 0.6 is 27.7 Å². The second-order valence-corrected chi connectivity index (χ2v) is 5.13. The smallest absolute Gasteiger partial charge is 0.234 e. The number of anilines is 1. The van der Waals surface area contributed by atoms with Crippen molar-refractivity contribution in [3.63, 3.8) is 0 Å². The second-order valence-electron chi connectivity index (χ2n) is 3.47. The van der Waals surface area contributed by atoms with Crippen molar-refractivity contribution in [3.05, 3.63) is 29.8 Å². The second kappa shape index (κ2) is 7.74. The number of thioether (sulfide) groups is 1. The van der Waals surface area contributed by atoms with E-state index < -0.39 is 0 Å². The molecule has 0 saturated carbocycles. The Balaban J connectivity index is 2.56. The number of aryl methyl sites for hydroxylation is 1. The molecular weight excluding hydrogens is 286 g/mol. The third-order valence-corrected chi connectivity index (χ3v) is 3.20. The fraction of sp³-hybridized carbons (Fsp3) is 0.417. The minimum absolute atomic E-state index is 0.0603. The maximum Gasteiger partial charge on any atom is 0.234 e. The van der Waals surface area contributed by atoms with Crippen LogP contribution in [0.3, 0.4) is 0 Å². The van der Waals surface area contributed by atoms with Crippen LogP contribution in [0.1, 0.15) is 12.0 Å². The summed E-state index contributed by atoms with van der Waals surface area (Å²) < 4.78 is 0. The van der Waals surface area contributed by atoms with E-state index in [0.29, 0.717) is 5.75 Å². The third kappa shape index (κ3) is 5.03. The van der Waals surface area contributed by atoms with Crippen LogP contribution in [-0.4, -0.2) is 23.2 Å². The van der Waals surface area contributed by atoms with Crippen LogP contribution in [0.25, 0.3) is 0 Å². The molecule has 0 aliphatic carbocycles. The van der Waals surface area contributed by atoms with Crippen molar-refractivity contribution in [2.24, 2.45) is 0 Å². The third-order valence-electron chi connectivity index (χ3n) is 2.09. The van der Waals surface area contributed by atoms with Gasteiger partial charge in [-0.3, -0.25) is 4.79 Å². The van der Waals surface area contributed by atoms with E-state index in [1.165, 1.54) is 17.3 Å². The summed E-state index contributed by atoms with van der Waals surface area (Å²) in [4.78, 5) is 11.4. The Morgan fingerprint density at radius 3 is 3.00 bits per heavy atom. The van der Waals surface area contributed by atoms with Gasteiger partial charge in [-0.05, 0) is 36.8 Å². The highest BCUT2D eigenvalue weighted by Crippen LogP contribution is 2.13. The standard InChI is InChI=1S/C12H16BrNOS/c1-16-9-12(15)14-11-6-2-4-10(8-11)5-3-7-13/h2,4,6,8H,3,5,7,9H2,1H3,(H,14,15). The normalized spacial score (nSPS) is 10.1. The van der Waals surface area contributed by atoms with Crippen molar-refractivity contribution < 1.29 is 4.79 Å². The fourth-order valence-electron chi connectivity index (χ4n) is 1.40. The molecule has 16 heavy (non-hydrogen) atoms. The molecule has 0 atom stereocenters. The summed E-state index contributed by atoms with van der Waals surface area (Å²) in [5.74, 6) is 0.566. The van der Waals surface area contributed by atoms with E-state index in [-0.39, 0.29) is 5.91 Å². The minimum Gasteiger partial charge on any atom is -0.325 e. The van der Waals surface area contributed by atoms with Crippen LogP contribution in [0.2, 0.25) is 0 Å². The van der Waals surface area contributed by atoms with Gasteiger partial charge in [0.2, 0.25) is 5.91 Å². The van der Waals surface area contributed by atoms with E-state index in [2.05, 4.69) is 27.3 Å². The zero-order valence-electron chi connectivity index (χ0n) is 9.33. The first kappa shape index (κ1) is 13.6. The van der Waals surface area contributed by atoms with Crippen molar-refractivity contribution in [2.75, 3.05) is 22.7 Å². The molecule has 0 fully saturated rings. The quantitative estimate of drug-likeness (QED) is 0.817. The van der Waals surface area contributed by atoms with Gasteiger partial charge < -0.3 is 5.32 Å². The van der Waals surface area contributed by atoms with Crippen LogP contribution in [0.5, 0.6) is 0 Å². The molecule has 0 saturated heterocycles. The molecule has 1 aromatic rings. The summed E-state index contributed by atoms with van der Waals surface area (Å²) in [6.07, 6.45) is 4.08. The molecule has 0 aromatic heterocycles. The number of carbonyl (C=O) groups excluding carboxylic acids is 1. The zero-order valence-corrected chi connectivity index (χ0v) is 11.7. The summed E-state index contributed by atoms with van der Waals surface area (Å²) >= 11 is 4.94. The molecule has 0 bridgehead atoms. The molecule has 88 valence electrons. The molecule has 4 heteroatoms. The van der Waals surface area contributed by atoms with E-state index in [9.17, 15) is 4.79 Å². The van der Waals surface area contributed by atoms with Crippen LogP contribution in [0.4, 0.5) is 5.69 Å². The maximum atomic E-state index is 11.4. The SMILES string of the molecule is CSCC(=O)Nc1cccc(CCCBr)c1. The van der Waals surface area contributed by atoms with Gasteiger partial charge >= 0.3 is 0 Å². The molecule has 1 amide bonds. The number of hydrogen-bond acceptors (Lipinski definition) is 2. The number of carbonyl (C=O) groups is 1. The number of hydrogen-bond donors (Lipinski definition) is 1. The molecule has 0 heterocycles. The minimum atomic E-state index is 0.0603. The molecule has 0 spiro atoms. The van der Waals surface area contributed by atoms with Crippen molar-refractivity contribution >= 4 is 39.3 Å². The van der Waals surface area contributed by atoms with Gasteiger partial charge in [0.05, 0.1) is 5.75 Å². The number of halogens is 1. The van der Waals surface area contributed by atoms with Crippen molar-refractivity contribution in [2.45, 2.75) is 12.8 Å². The maximum absolute atomic E-state index is 11.4. The molecule has 1 rings (SSSR count). The van der Waals surface area contributed by atoms with Crippen LogP contribution in [-0.2, 0) is 11.2 Å². The molecule has 0 unspecified atom stereocenters. The Kier molecular flexibility index (Phi) is 6.57. The molecule has 0 aliphatic rings. The molecule has 0 radical (unpaired) electrons. The van der Waals surface area contributed by atoms with Crippen molar-refractivity contribution in [1.82, 2.24) is 0 Å². The highest BCUT2D eigenvalue weighted by atomic mass is 79.9. The first-order valence-electron chi connectivity index (χ1n) is 5.20. The lowest BCUT2D eigenvalue weighted by molar-refractivity contribution is -0.113. The molecule has 1 aromatic carbocycles. The number of rotatable bonds is 6. The van der Waals surface area contributed by atoms with Gasteiger partial charge in [0.1, 0.15) is 0 Å². The summed E-state index contributed by atoms with van der Waals surface area (Å²) in [7, 11) is 0. The first-order chi connectivity index (χ1) is 7.76. The lowest BCUT2D eigenvalue weighted by Gasteiger charge is -2.06. The predicted molar refractivity (Wildman–Crippen MR) is 75.6 cm³/mol. The van der Waals surface area contributed by atoms with E-state index in [0.717, 1.165) is 23.9 Å². The number of alkyl halides is 1. The Labute approximate surface area is 109 Å². The Morgan fingerprint density at radius 2 is 2.31 bits per heavy atom. The lowest BCUT2D eigenvalue weighted by atomic mass is 10.1. The van der Waals surface area contributed by atoms with Gasteiger partial charge in [0.25, 0.3) is 0 Å². The van der Waals surface area contributed by atoms with E-state index in [1.54, 1.807) is 0 Å². The monoisotopic (exact) mass is 301 g/mol. The van der Waals surface area contributed by atoms with Crippen molar-refractivity contribution in [3.8, 4) is 0 Å². The van der Waals surface area contributed by atoms with E-state index in [1.807, 2.05) is 24.5 Å². The molecule has 0 aliphatic heterocycles. The average Bonchev–Trinajstić information content (AvgIpc) is 2.27. The Bertz CT molecular complexity index is 344. The molecule has 2 nitrogen and oxygen atoms in total. The van der Waals surface area contributed by atoms with Gasteiger partial charge in [-0.15, -0.1) is 0 Å². The first-order valence-corrected chi connectivity index (χ1v) is 7.71. The van der Waals surface area contributed by atoms with Gasteiger partial charge in [-0.25, -0.2) is 0 Å². The van der Waals surface area contributed by atoms with Crippen molar-refractivity contribution in [1.29, 1.82) is 0 Å². The van der Waals surface area contributed by atoms with Gasteiger partial charge in [0, 0.05) is 11.0 Å². The lowest BCUT2D eigenvalue weighted by Crippen LogP contribution is -2.13. The molecule has 1 N–H and O–H groups in total. The summed E-state index contributed by atoms with van der Waals surface area (Å²) in [6, 6.07) is 8.04. The molecular formula is C12H16BrNOS. The van der Waals surface area contributed by atoms with Gasteiger partial charge in [-0.2, -0.15) is 11.8 Å². The van der Waals surface area contributed by atoms with Gasteiger partial charge in [0.15, 0.2) is 0 Å². The summed E-state index contributed by atoms with van der Waals surface area (Å²) in [6.45, 7) is 0. The highest BCUT2D eigenvalue weighted by Gasteiger charge is 2.01. The summed E-state index contributed by atoms with van der Waals surface area (Å²) in [5.41, 5.74) is 2.16. The fourth-order valence-corrected chi connectivity index (χ4v) is 2.02. The number of amides is 1.